The van der Waals surface area contributed by atoms with Gasteiger partial charge in [0.1, 0.15) is 11.5 Å². The van der Waals surface area contributed by atoms with E-state index in [0.717, 1.165) is 0 Å². The third-order valence-corrected chi connectivity index (χ3v) is 2.31. The highest BCUT2D eigenvalue weighted by Crippen LogP contribution is 2.32. The molecule has 2 N–H and O–H groups in total. The minimum atomic E-state index is -0.0101. The Morgan fingerprint density at radius 1 is 1.27 bits per heavy atom. The van der Waals surface area contributed by atoms with Gasteiger partial charge < -0.3 is 14.6 Å². The van der Waals surface area contributed by atoms with Gasteiger partial charge in [-0.3, -0.25) is 0 Å². The Balaban J connectivity index is 2.48. The fourth-order valence-corrected chi connectivity index (χ4v) is 1.38. The molecule has 0 atom stereocenters. The molecule has 1 heterocycles. The van der Waals surface area contributed by atoms with Crippen LogP contribution in [0.5, 0.6) is 11.5 Å². The zero-order valence-corrected chi connectivity index (χ0v) is 8.65. The lowest BCUT2D eigenvalue weighted by atomic mass is 10.2. The molecule has 1 aromatic carbocycles. The van der Waals surface area contributed by atoms with Crippen LogP contribution in [0.2, 0.25) is 0 Å². The van der Waals surface area contributed by atoms with Crippen molar-refractivity contribution in [3.8, 4) is 23.0 Å². The first-order valence-corrected chi connectivity index (χ1v) is 5.33. The number of thioether (sulfide) groups is 1. The van der Waals surface area contributed by atoms with E-state index in [4.69, 9.17) is 4.42 Å². The van der Waals surface area contributed by atoms with Gasteiger partial charge in [0.05, 0.1) is 5.56 Å². The first kappa shape index (κ1) is 9.85. The Morgan fingerprint density at radius 2 is 2.07 bits per heavy atom. The summed E-state index contributed by atoms with van der Waals surface area (Å²) in [6.45, 7) is 0. The molecule has 0 aliphatic heterocycles. The topological polar surface area (TPSA) is 79.4 Å². The Bertz CT molecular complexity index is 484. The third-order valence-electron chi connectivity index (χ3n) is 1.79. The van der Waals surface area contributed by atoms with Crippen molar-refractivity contribution < 1.29 is 14.6 Å². The molecular weight excluding hydrogens is 216 g/mol. The molecular formula is C9H8N2O3S. The summed E-state index contributed by atoms with van der Waals surface area (Å²) >= 11 is 1.31. The molecule has 0 saturated heterocycles. The van der Waals surface area contributed by atoms with E-state index in [9.17, 15) is 10.2 Å². The molecule has 0 radical (unpaired) electrons. The molecule has 0 saturated carbocycles. The molecule has 5 nitrogen and oxygen atoms in total. The van der Waals surface area contributed by atoms with E-state index in [0.29, 0.717) is 10.8 Å². The number of aromatic hydroxyl groups is 2. The standard InChI is InChI=1S/C9H8N2O3S/c1-15-9-11-10-8(14-9)6-4-5(12)2-3-7(6)13/h2-4,12-13H,1H3. The summed E-state index contributed by atoms with van der Waals surface area (Å²) < 4.78 is 5.22. The molecule has 0 fully saturated rings. The fourth-order valence-electron chi connectivity index (χ4n) is 1.10. The summed E-state index contributed by atoms with van der Waals surface area (Å²) in [5.74, 6) is 0.212. The Morgan fingerprint density at radius 3 is 2.73 bits per heavy atom. The molecule has 0 aliphatic carbocycles. The largest absolute Gasteiger partial charge is 0.508 e. The second-order valence-electron chi connectivity index (χ2n) is 2.78. The van der Waals surface area contributed by atoms with Crippen molar-refractivity contribution in [1.29, 1.82) is 0 Å². The molecule has 0 spiro atoms. The normalized spacial score (nSPS) is 10.5. The van der Waals surface area contributed by atoms with Crippen molar-refractivity contribution in [2.75, 3.05) is 6.26 Å². The molecule has 6 heteroatoms. The van der Waals surface area contributed by atoms with Crippen LogP contribution in [0.3, 0.4) is 0 Å². The molecule has 2 rings (SSSR count). The second-order valence-corrected chi connectivity index (χ2v) is 3.54. The lowest BCUT2D eigenvalue weighted by molar-refractivity contribution is 0.446. The maximum atomic E-state index is 9.52. The molecule has 0 unspecified atom stereocenters. The zero-order chi connectivity index (χ0) is 10.8. The van der Waals surface area contributed by atoms with Crippen LogP contribution in [0.25, 0.3) is 11.5 Å². The molecule has 2 aromatic rings. The molecule has 1 aromatic heterocycles. The summed E-state index contributed by atoms with van der Waals surface area (Å²) in [6, 6.07) is 4.12. The van der Waals surface area contributed by atoms with E-state index in [1.165, 1.54) is 30.0 Å². The van der Waals surface area contributed by atoms with Crippen molar-refractivity contribution >= 4 is 11.8 Å². The van der Waals surface area contributed by atoms with Crippen molar-refractivity contribution in [2.24, 2.45) is 0 Å². The summed E-state index contributed by atoms with van der Waals surface area (Å²) in [5, 5.41) is 26.7. The maximum Gasteiger partial charge on any atom is 0.276 e. The van der Waals surface area contributed by atoms with Gasteiger partial charge >= 0.3 is 0 Å². The van der Waals surface area contributed by atoms with Crippen LogP contribution in [0, 0.1) is 0 Å². The quantitative estimate of drug-likeness (QED) is 0.598. The number of rotatable bonds is 2. The van der Waals surface area contributed by atoms with Crippen LogP contribution in [-0.4, -0.2) is 26.7 Å². The fraction of sp³-hybridized carbons (Fsp3) is 0.111. The smallest absolute Gasteiger partial charge is 0.276 e. The lowest BCUT2D eigenvalue weighted by Crippen LogP contribution is -1.79. The summed E-state index contributed by atoms with van der Waals surface area (Å²) in [7, 11) is 0. The van der Waals surface area contributed by atoms with Gasteiger partial charge in [-0.25, -0.2) is 0 Å². The summed E-state index contributed by atoms with van der Waals surface area (Å²) in [5.41, 5.74) is 0.322. The Labute approximate surface area is 89.8 Å². The van der Waals surface area contributed by atoms with Crippen molar-refractivity contribution in [3.63, 3.8) is 0 Å². The van der Waals surface area contributed by atoms with Gasteiger partial charge in [0.15, 0.2) is 0 Å². The maximum absolute atomic E-state index is 9.52. The van der Waals surface area contributed by atoms with Crippen LogP contribution in [0.15, 0.2) is 27.8 Å². The van der Waals surface area contributed by atoms with Gasteiger partial charge in [-0.15, -0.1) is 10.2 Å². The number of aromatic nitrogens is 2. The third kappa shape index (κ3) is 1.89. The van der Waals surface area contributed by atoms with E-state index in [2.05, 4.69) is 10.2 Å². The van der Waals surface area contributed by atoms with E-state index in [-0.39, 0.29) is 17.4 Å². The van der Waals surface area contributed by atoms with Crippen LogP contribution in [0.4, 0.5) is 0 Å². The number of phenols is 2. The van der Waals surface area contributed by atoms with E-state index >= 15 is 0 Å². The van der Waals surface area contributed by atoms with Gasteiger partial charge in [-0.2, -0.15) is 0 Å². The Kier molecular flexibility index (Phi) is 2.51. The van der Waals surface area contributed by atoms with E-state index < -0.39 is 0 Å². The van der Waals surface area contributed by atoms with Gasteiger partial charge in [-0.1, -0.05) is 11.8 Å². The van der Waals surface area contributed by atoms with Crippen LogP contribution in [0.1, 0.15) is 0 Å². The van der Waals surface area contributed by atoms with Crippen LogP contribution in [-0.2, 0) is 0 Å². The van der Waals surface area contributed by atoms with Crippen molar-refractivity contribution in [3.05, 3.63) is 18.2 Å². The first-order chi connectivity index (χ1) is 7.20. The van der Waals surface area contributed by atoms with Gasteiger partial charge in [0, 0.05) is 0 Å². The molecule has 0 amide bonds. The van der Waals surface area contributed by atoms with Crippen LogP contribution < -0.4 is 0 Å². The number of hydrogen-bond acceptors (Lipinski definition) is 6. The zero-order valence-electron chi connectivity index (χ0n) is 7.84. The number of benzene rings is 1. The number of hydrogen-bond donors (Lipinski definition) is 2. The van der Waals surface area contributed by atoms with Crippen LogP contribution >= 0.6 is 11.8 Å². The van der Waals surface area contributed by atoms with E-state index in [1.807, 2.05) is 0 Å². The second kappa shape index (κ2) is 3.82. The highest BCUT2D eigenvalue weighted by molar-refractivity contribution is 7.98. The predicted octanol–water partition coefficient (Wildman–Crippen LogP) is 1.87. The molecule has 78 valence electrons. The highest BCUT2D eigenvalue weighted by Gasteiger charge is 2.12. The Hall–Kier alpha value is -1.69. The first-order valence-electron chi connectivity index (χ1n) is 4.10. The predicted molar refractivity (Wildman–Crippen MR) is 54.8 cm³/mol. The van der Waals surface area contributed by atoms with Gasteiger partial charge in [0.25, 0.3) is 11.1 Å². The average Bonchev–Trinajstić information content (AvgIpc) is 2.70. The summed E-state index contributed by atoms with van der Waals surface area (Å²) in [4.78, 5) is 0. The molecule has 0 bridgehead atoms. The average molecular weight is 224 g/mol. The SMILES string of the molecule is CSc1nnc(-c2cc(O)ccc2O)o1. The highest BCUT2D eigenvalue weighted by atomic mass is 32.2. The lowest BCUT2D eigenvalue weighted by Gasteiger charge is -1.99. The van der Waals surface area contributed by atoms with Gasteiger partial charge in [0.2, 0.25) is 0 Å². The van der Waals surface area contributed by atoms with Crippen molar-refractivity contribution in [2.45, 2.75) is 5.22 Å². The minimum absolute atomic E-state index is 0.0101. The summed E-state index contributed by atoms with van der Waals surface area (Å²) in [6.07, 6.45) is 1.81. The monoisotopic (exact) mass is 224 g/mol. The van der Waals surface area contributed by atoms with E-state index in [1.54, 1.807) is 6.26 Å². The number of nitrogens with zero attached hydrogens (tertiary/aromatic N) is 2. The number of phenolic OH excluding ortho intramolecular Hbond substituents is 2. The minimum Gasteiger partial charge on any atom is -0.508 e. The molecule has 0 aliphatic rings. The van der Waals surface area contributed by atoms with Gasteiger partial charge in [-0.05, 0) is 24.5 Å². The van der Waals surface area contributed by atoms with Crippen molar-refractivity contribution in [1.82, 2.24) is 10.2 Å². The molecule has 15 heavy (non-hydrogen) atoms.